The first-order chi connectivity index (χ1) is 9.97. The van der Waals surface area contributed by atoms with E-state index in [1.54, 1.807) is 0 Å². The lowest BCUT2D eigenvalue weighted by Crippen LogP contribution is -2.38. The first-order valence-corrected chi connectivity index (χ1v) is 8.09. The fourth-order valence-corrected chi connectivity index (χ4v) is 2.89. The number of aliphatic hydroxyl groups is 1. The van der Waals surface area contributed by atoms with E-state index in [1.165, 1.54) is 24.8 Å². The molecule has 0 unspecified atom stereocenters. The SMILES string of the molecule is CC(C)(C)c1ccccc1OC[C@@H](O)CN1CCCCC1. The smallest absolute Gasteiger partial charge is 0.123 e. The second-order valence-corrected chi connectivity index (χ2v) is 7.07. The Morgan fingerprint density at radius 2 is 1.81 bits per heavy atom. The van der Waals surface area contributed by atoms with Crippen LogP contribution in [0.1, 0.15) is 45.6 Å². The van der Waals surface area contributed by atoms with E-state index in [2.05, 4.69) is 31.7 Å². The van der Waals surface area contributed by atoms with Crippen molar-refractivity contribution in [1.29, 1.82) is 0 Å². The van der Waals surface area contributed by atoms with Crippen LogP contribution in [0.4, 0.5) is 0 Å². The van der Waals surface area contributed by atoms with Crippen LogP contribution in [0, 0.1) is 0 Å². The zero-order valence-electron chi connectivity index (χ0n) is 13.6. The van der Waals surface area contributed by atoms with E-state index in [1.807, 2.05) is 18.2 Å². The molecule has 21 heavy (non-hydrogen) atoms. The predicted molar refractivity (Wildman–Crippen MR) is 86.9 cm³/mol. The quantitative estimate of drug-likeness (QED) is 0.904. The van der Waals surface area contributed by atoms with Gasteiger partial charge in [0.1, 0.15) is 18.5 Å². The number of para-hydroxylation sites is 1. The lowest BCUT2D eigenvalue weighted by molar-refractivity contribution is 0.0611. The van der Waals surface area contributed by atoms with Gasteiger partial charge in [0.25, 0.3) is 0 Å². The molecule has 1 aliphatic heterocycles. The molecule has 118 valence electrons. The number of aliphatic hydroxyl groups excluding tert-OH is 1. The highest BCUT2D eigenvalue weighted by molar-refractivity contribution is 5.38. The van der Waals surface area contributed by atoms with Gasteiger partial charge in [-0.05, 0) is 43.0 Å². The van der Waals surface area contributed by atoms with E-state index >= 15 is 0 Å². The van der Waals surface area contributed by atoms with Gasteiger partial charge in [-0.2, -0.15) is 0 Å². The molecule has 1 N–H and O–H groups in total. The van der Waals surface area contributed by atoms with Crippen molar-refractivity contribution in [3.63, 3.8) is 0 Å². The number of likely N-dealkylation sites (tertiary alicyclic amines) is 1. The van der Waals surface area contributed by atoms with Crippen molar-refractivity contribution in [3.8, 4) is 5.75 Å². The first kappa shape index (κ1) is 16.3. The van der Waals surface area contributed by atoms with Crippen molar-refractivity contribution in [2.45, 2.75) is 51.6 Å². The summed E-state index contributed by atoms with van der Waals surface area (Å²) >= 11 is 0. The molecule has 0 amide bonds. The van der Waals surface area contributed by atoms with Crippen LogP contribution in [-0.2, 0) is 5.41 Å². The third kappa shape index (κ3) is 5.01. The molecule has 1 heterocycles. The van der Waals surface area contributed by atoms with E-state index < -0.39 is 6.10 Å². The third-order valence-electron chi connectivity index (χ3n) is 4.04. The van der Waals surface area contributed by atoms with Gasteiger partial charge < -0.3 is 14.7 Å². The van der Waals surface area contributed by atoms with Crippen LogP contribution in [0.3, 0.4) is 0 Å². The number of ether oxygens (including phenoxy) is 1. The molecule has 1 atom stereocenters. The highest BCUT2D eigenvalue weighted by Gasteiger charge is 2.20. The normalized spacial score (nSPS) is 18.5. The lowest BCUT2D eigenvalue weighted by Gasteiger charge is -2.29. The summed E-state index contributed by atoms with van der Waals surface area (Å²) in [6, 6.07) is 8.12. The van der Waals surface area contributed by atoms with Crippen LogP contribution in [0.2, 0.25) is 0 Å². The van der Waals surface area contributed by atoms with Gasteiger partial charge in [-0.1, -0.05) is 45.4 Å². The molecule has 0 saturated carbocycles. The van der Waals surface area contributed by atoms with Crippen molar-refractivity contribution >= 4 is 0 Å². The maximum atomic E-state index is 10.2. The standard InChI is InChI=1S/C18H29NO2/c1-18(2,3)16-9-5-6-10-17(16)21-14-15(20)13-19-11-7-4-8-12-19/h5-6,9-10,15,20H,4,7-8,11-14H2,1-3H3/t15-/m0/s1. The fourth-order valence-electron chi connectivity index (χ4n) is 2.89. The average Bonchev–Trinajstić information content (AvgIpc) is 2.45. The summed E-state index contributed by atoms with van der Waals surface area (Å²) in [5.74, 6) is 0.891. The van der Waals surface area contributed by atoms with Crippen molar-refractivity contribution in [2.24, 2.45) is 0 Å². The molecule has 0 aromatic heterocycles. The highest BCUT2D eigenvalue weighted by atomic mass is 16.5. The molecule has 1 aromatic carbocycles. The second kappa shape index (κ2) is 7.28. The zero-order valence-corrected chi connectivity index (χ0v) is 13.6. The summed E-state index contributed by atoms with van der Waals surface area (Å²) in [4.78, 5) is 2.34. The largest absolute Gasteiger partial charge is 0.491 e. The molecule has 3 nitrogen and oxygen atoms in total. The van der Waals surface area contributed by atoms with E-state index in [0.717, 1.165) is 25.4 Å². The van der Waals surface area contributed by atoms with Crippen LogP contribution in [0.25, 0.3) is 0 Å². The molecule has 0 spiro atoms. The molecule has 1 saturated heterocycles. The number of benzene rings is 1. The van der Waals surface area contributed by atoms with E-state index in [4.69, 9.17) is 4.74 Å². The minimum Gasteiger partial charge on any atom is -0.491 e. The summed E-state index contributed by atoms with van der Waals surface area (Å²) in [6.45, 7) is 9.84. The molecular formula is C18H29NO2. The minimum absolute atomic E-state index is 0.0500. The van der Waals surface area contributed by atoms with E-state index in [-0.39, 0.29) is 5.41 Å². The summed E-state index contributed by atoms with van der Waals surface area (Å²) < 4.78 is 5.89. The molecule has 0 aliphatic carbocycles. The van der Waals surface area contributed by atoms with Crippen LogP contribution in [0.5, 0.6) is 5.75 Å². The first-order valence-electron chi connectivity index (χ1n) is 8.09. The third-order valence-corrected chi connectivity index (χ3v) is 4.04. The van der Waals surface area contributed by atoms with E-state index in [0.29, 0.717) is 6.61 Å². The Kier molecular flexibility index (Phi) is 5.65. The van der Waals surface area contributed by atoms with Crippen LogP contribution in [0.15, 0.2) is 24.3 Å². The molecule has 0 radical (unpaired) electrons. The number of hydrogen-bond acceptors (Lipinski definition) is 3. The maximum absolute atomic E-state index is 10.2. The zero-order chi connectivity index (χ0) is 15.3. The van der Waals surface area contributed by atoms with E-state index in [9.17, 15) is 5.11 Å². The topological polar surface area (TPSA) is 32.7 Å². The van der Waals surface area contributed by atoms with Crippen molar-refractivity contribution in [1.82, 2.24) is 4.90 Å². The second-order valence-electron chi connectivity index (χ2n) is 7.07. The van der Waals surface area contributed by atoms with Crippen molar-refractivity contribution in [2.75, 3.05) is 26.2 Å². The molecule has 1 aliphatic rings. The van der Waals surface area contributed by atoms with Gasteiger partial charge >= 0.3 is 0 Å². The predicted octanol–water partition coefficient (Wildman–Crippen LogP) is 3.21. The Labute approximate surface area is 128 Å². The molecule has 1 aromatic rings. The summed E-state index contributed by atoms with van der Waals surface area (Å²) in [7, 11) is 0. The summed E-state index contributed by atoms with van der Waals surface area (Å²) in [5.41, 5.74) is 1.24. The highest BCUT2D eigenvalue weighted by Crippen LogP contribution is 2.30. The summed E-state index contributed by atoms with van der Waals surface area (Å²) in [6.07, 6.45) is 3.40. The fraction of sp³-hybridized carbons (Fsp3) is 0.667. The number of piperidine rings is 1. The van der Waals surface area contributed by atoms with Crippen molar-refractivity contribution in [3.05, 3.63) is 29.8 Å². The average molecular weight is 291 g/mol. The molecule has 0 bridgehead atoms. The van der Waals surface area contributed by atoms with Gasteiger partial charge in [-0.25, -0.2) is 0 Å². The lowest BCUT2D eigenvalue weighted by atomic mass is 9.86. The van der Waals surface area contributed by atoms with Gasteiger partial charge in [-0.3, -0.25) is 0 Å². The van der Waals surface area contributed by atoms with Gasteiger partial charge in [0.15, 0.2) is 0 Å². The van der Waals surface area contributed by atoms with Gasteiger partial charge in [0.05, 0.1) is 0 Å². The Hall–Kier alpha value is -1.06. The molecular weight excluding hydrogens is 262 g/mol. The maximum Gasteiger partial charge on any atom is 0.123 e. The Morgan fingerprint density at radius 3 is 2.48 bits per heavy atom. The van der Waals surface area contributed by atoms with Crippen molar-refractivity contribution < 1.29 is 9.84 Å². The number of nitrogens with zero attached hydrogens (tertiary/aromatic N) is 1. The minimum atomic E-state index is -0.420. The van der Waals surface area contributed by atoms with Crippen LogP contribution < -0.4 is 4.74 Å². The monoisotopic (exact) mass is 291 g/mol. The number of rotatable bonds is 5. The Balaban J connectivity index is 1.87. The number of hydrogen-bond donors (Lipinski definition) is 1. The van der Waals surface area contributed by atoms with Crippen LogP contribution in [-0.4, -0.2) is 42.4 Å². The molecule has 1 fully saturated rings. The molecule has 2 rings (SSSR count). The van der Waals surface area contributed by atoms with Gasteiger partial charge in [-0.15, -0.1) is 0 Å². The summed E-state index contributed by atoms with van der Waals surface area (Å²) in [5, 5.41) is 10.2. The van der Waals surface area contributed by atoms with Gasteiger partial charge in [0, 0.05) is 6.54 Å². The van der Waals surface area contributed by atoms with Gasteiger partial charge in [0.2, 0.25) is 0 Å². The van der Waals surface area contributed by atoms with Crippen LogP contribution >= 0.6 is 0 Å². The Bertz CT molecular complexity index is 433. The number of β-amino-alcohol motifs (C(OH)–C–C–N with tert-alkyl or cyclic N) is 1. The molecule has 3 heteroatoms. The Morgan fingerprint density at radius 1 is 1.14 bits per heavy atom.